The fourth-order valence-corrected chi connectivity index (χ4v) is 4.08. The average Bonchev–Trinajstić information content (AvgIpc) is 3.22. The minimum Gasteiger partial charge on any atom is -0.480 e. The third kappa shape index (κ3) is 3.89. The lowest BCUT2D eigenvalue weighted by molar-refractivity contribution is -0.139. The van der Waals surface area contributed by atoms with Crippen LogP contribution in [0.15, 0.2) is 54.7 Å². The predicted molar refractivity (Wildman–Crippen MR) is 112 cm³/mol. The van der Waals surface area contributed by atoms with Crippen LogP contribution in [0.25, 0.3) is 11.1 Å². The largest absolute Gasteiger partial charge is 0.480 e. The quantitative estimate of drug-likeness (QED) is 0.629. The van der Waals surface area contributed by atoms with E-state index < -0.39 is 18.1 Å². The number of alkyl carbamates (subject to hydrolysis) is 1. The highest BCUT2D eigenvalue weighted by Crippen LogP contribution is 2.44. The van der Waals surface area contributed by atoms with Crippen LogP contribution in [0.4, 0.5) is 4.79 Å². The molecule has 0 aliphatic heterocycles. The molecule has 1 aliphatic carbocycles. The highest BCUT2D eigenvalue weighted by Gasteiger charge is 2.30. The molecule has 3 aromatic rings. The molecular formula is C22H20ClN3O4. The van der Waals surface area contributed by atoms with Crippen molar-refractivity contribution in [3.05, 3.63) is 76.6 Å². The SMILES string of the molecule is Cn1cc(Cl)c(CC(NC(=O)OCC2c3ccccc3-c3ccccc32)C(=O)O)n1. The molecule has 0 radical (unpaired) electrons. The van der Waals surface area contributed by atoms with Gasteiger partial charge >= 0.3 is 12.1 Å². The first-order valence-corrected chi connectivity index (χ1v) is 9.84. The third-order valence-corrected chi connectivity index (χ3v) is 5.50. The highest BCUT2D eigenvalue weighted by atomic mass is 35.5. The van der Waals surface area contributed by atoms with Gasteiger partial charge in [0.15, 0.2) is 0 Å². The molecule has 1 aliphatic rings. The Morgan fingerprint density at radius 2 is 1.77 bits per heavy atom. The van der Waals surface area contributed by atoms with Crippen molar-refractivity contribution in [1.82, 2.24) is 15.1 Å². The molecule has 2 N–H and O–H groups in total. The number of fused-ring (bicyclic) bond motifs is 3. The summed E-state index contributed by atoms with van der Waals surface area (Å²) in [5, 5.41) is 16.4. The summed E-state index contributed by atoms with van der Waals surface area (Å²) in [7, 11) is 1.68. The average molecular weight is 426 g/mol. The number of carbonyl (C=O) groups is 2. The zero-order chi connectivity index (χ0) is 21.3. The van der Waals surface area contributed by atoms with E-state index >= 15 is 0 Å². The number of nitrogens with one attached hydrogen (secondary N) is 1. The molecule has 0 bridgehead atoms. The van der Waals surface area contributed by atoms with Gasteiger partial charge in [0.05, 0.1) is 10.7 Å². The Kier molecular flexibility index (Phi) is 5.46. The van der Waals surface area contributed by atoms with Crippen LogP contribution >= 0.6 is 11.6 Å². The van der Waals surface area contributed by atoms with Crippen molar-refractivity contribution in [2.24, 2.45) is 7.05 Å². The van der Waals surface area contributed by atoms with E-state index in [9.17, 15) is 14.7 Å². The number of ether oxygens (including phenoxy) is 1. The van der Waals surface area contributed by atoms with E-state index in [2.05, 4.69) is 10.4 Å². The van der Waals surface area contributed by atoms with Gasteiger partial charge < -0.3 is 15.2 Å². The normalized spacial score (nSPS) is 13.4. The standard InChI is InChI=1S/C22H20ClN3O4/c1-26-11-18(23)19(25-26)10-20(21(27)28)24-22(29)30-12-17-15-8-4-2-6-13(15)14-7-3-5-9-16(14)17/h2-9,11,17,20H,10,12H2,1H3,(H,24,29)(H,27,28). The van der Waals surface area contributed by atoms with Gasteiger partial charge in [-0.1, -0.05) is 60.1 Å². The summed E-state index contributed by atoms with van der Waals surface area (Å²) in [6.07, 6.45) is 0.735. The van der Waals surface area contributed by atoms with Crippen LogP contribution in [-0.4, -0.2) is 39.6 Å². The third-order valence-electron chi connectivity index (χ3n) is 5.19. The van der Waals surface area contributed by atoms with Crippen LogP contribution in [-0.2, 0) is 23.0 Å². The fraction of sp³-hybridized carbons (Fsp3) is 0.227. The fourth-order valence-electron chi connectivity index (χ4n) is 3.82. The zero-order valence-electron chi connectivity index (χ0n) is 16.2. The number of hydrogen-bond donors (Lipinski definition) is 2. The predicted octanol–water partition coefficient (Wildman–Crippen LogP) is 3.61. The number of aryl methyl sites for hydroxylation is 1. The minimum absolute atomic E-state index is 0.0425. The second kappa shape index (κ2) is 8.20. The molecule has 1 heterocycles. The van der Waals surface area contributed by atoms with Gasteiger partial charge in [-0.2, -0.15) is 5.10 Å². The molecule has 30 heavy (non-hydrogen) atoms. The van der Waals surface area contributed by atoms with Crippen molar-refractivity contribution < 1.29 is 19.4 Å². The number of benzene rings is 2. The second-order valence-corrected chi connectivity index (χ2v) is 7.57. The molecule has 1 unspecified atom stereocenters. The molecule has 0 fully saturated rings. The molecule has 7 nitrogen and oxygen atoms in total. The maximum Gasteiger partial charge on any atom is 0.407 e. The van der Waals surface area contributed by atoms with Crippen molar-refractivity contribution in [2.45, 2.75) is 18.4 Å². The first kappa shape index (κ1) is 20.0. The van der Waals surface area contributed by atoms with Gasteiger partial charge in [0.1, 0.15) is 12.6 Å². The smallest absolute Gasteiger partial charge is 0.407 e. The number of carbonyl (C=O) groups excluding carboxylic acids is 1. The molecule has 1 aromatic heterocycles. The summed E-state index contributed by atoms with van der Waals surface area (Å²) < 4.78 is 6.91. The Labute approximate surface area is 178 Å². The lowest BCUT2D eigenvalue weighted by Crippen LogP contribution is -2.43. The lowest BCUT2D eigenvalue weighted by atomic mass is 9.98. The van der Waals surface area contributed by atoms with Gasteiger partial charge in [0, 0.05) is 25.6 Å². The van der Waals surface area contributed by atoms with E-state index in [1.807, 2.05) is 48.5 Å². The van der Waals surface area contributed by atoms with Crippen LogP contribution in [0.1, 0.15) is 22.7 Å². The lowest BCUT2D eigenvalue weighted by Gasteiger charge is -2.17. The first-order chi connectivity index (χ1) is 14.4. The van der Waals surface area contributed by atoms with Crippen LogP contribution in [0.5, 0.6) is 0 Å². The van der Waals surface area contributed by atoms with Crippen molar-refractivity contribution >= 4 is 23.7 Å². The van der Waals surface area contributed by atoms with Crippen molar-refractivity contribution in [3.63, 3.8) is 0 Å². The number of carboxylic acids is 1. The summed E-state index contributed by atoms with van der Waals surface area (Å²) in [4.78, 5) is 24.0. The van der Waals surface area contributed by atoms with E-state index in [-0.39, 0.29) is 18.9 Å². The molecule has 154 valence electrons. The van der Waals surface area contributed by atoms with Gasteiger partial charge in [0.2, 0.25) is 0 Å². The molecule has 1 atom stereocenters. The van der Waals surface area contributed by atoms with Gasteiger partial charge in [-0.3, -0.25) is 4.68 Å². The van der Waals surface area contributed by atoms with Crippen LogP contribution in [0.2, 0.25) is 5.02 Å². The van der Waals surface area contributed by atoms with Crippen LogP contribution in [0, 0.1) is 0 Å². The molecule has 0 spiro atoms. The molecular weight excluding hydrogens is 406 g/mol. The molecule has 2 aromatic carbocycles. The molecule has 1 amide bonds. The number of carboxylic acid groups (broad SMARTS) is 1. The number of rotatable bonds is 6. The molecule has 8 heteroatoms. The minimum atomic E-state index is -1.20. The number of hydrogen-bond acceptors (Lipinski definition) is 4. The van der Waals surface area contributed by atoms with Crippen molar-refractivity contribution in [3.8, 4) is 11.1 Å². The van der Waals surface area contributed by atoms with Gasteiger partial charge in [-0.25, -0.2) is 9.59 Å². The number of nitrogens with zero attached hydrogens (tertiary/aromatic N) is 2. The summed E-state index contributed by atoms with van der Waals surface area (Å²) >= 11 is 6.05. The van der Waals surface area contributed by atoms with Crippen LogP contribution in [0.3, 0.4) is 0 Å². The van der Waals surface area contributed by atoms with Gasteiger partial charge in [-0.15, -0.1) is 0 Å². The summed E-state index contributed by atoms with van der Waals surface area (Å²) in [6.45, 7) is 0.108. The number of amides is 1. The highest BCUT2D eigenvalue weighted by molar-refractivity contribution is 6.31. The van der Waals surface area contributed by atoms with Crippen molar-refractivity contribution in [2.75, 3.05) is 6.61 Å². The monoisotopic (exact) mass is 425 g/mol. The molecule has 0 saturated heterocycles. The van der Waals surface area contributed by atoms with E-state index in [4.69, 9.17) is 16.3 Å². The Balaban J connectivity index is 1.44. The van der Waals surface area contributed by atoms with Crippen molar-refractivity contribution in [1.29, 1.82) is 0 Å². The van der Waals surface area contributed by atoms with E-state index in [1.54, 1.807) is 13.2 Å². The zero-order valence-corrected chi connectivity index (χ0v) is 17.0. The summed E-state index contributed by atoms with van der Waals surface area (Å²) in [5.74, 6) is -1.29. The number of halogens is 1. The summed E-state index contributed by atoms with van der Waals surface area (Å²) in [6, 6.07) is 14.8. The number of aromatic nitrogens is 2. The summed E-state index contributed by atoms with van der Waals surface area (Å²) in [5.41, 5.74) is 4.80. The Morgan fingerprint density at radius 1 is 1.17 bits per heavy atom. The van der Waals surface area contributed by atoms with Gasteiger partial charge in [0.25, 0.3) is 0 Å². The maximum absolute atomic E-state index is 12.4. The van der Waals surface area contributed by atoms with E-state index in [0.717, 1.165) is 22.3 Å². The Morgan fingerprint density at radius 3 is 2.30 bits per heavy atom. The Bertz CT molecular complexity index is 1070. The van der Waals surface area contributed by atoms with E-state index in [0.29, 0.717) is 10.7 Å². The number of aliphatic carboxylic acids is 1. The van der Waals surface area contributed by atoms with E-state index in [1.165, 1.54) is 4.68 Å². The second-order valence-electron chi connectivity index (χ2n) is 7.16. The van der Waals surface area contributed by atoms with Crippen LogP contribution < -0.4 is 5.32 Å². The Hall–Kier alpha value is -3.32. The first-order valence-electron chi connectivity index (χ1n) is 9.46. The topological polar surface area (TPSA) is 93.5 Å². The van der Waals surface area contributed by atoms with Gasteiger partial charge in [-0.05, 0) is 22.3 Å². The maximum atomic E-state index is 12.4. The molecule has 0 saturated carbocycles. The molecule has 4 rings (SSSR count).